The Labute approximate surface area is 88.0 Å². The third kappa shape index (κ3) is 4.39. The zero-order chi connectivity index (χ0) is 10.2. The lowest BCUT2D eigenvalue weighted by molar-refractivity contribution is -0.133. The van der Waals surface area contributed by atoms with E-state index in [9.17, 15) is 4.79 Å². The first kappa shape index (κ1) is 11.2. The summed E-state index contributed by atoms with van der Waals surface area (Å²) < 4.78 is 0. The topological polar surface area (TPSA) is 38.3 Å². The van der Waals surface area contributed by atoms with Crippen molar-refractivity contribution in [2.24, 2.45) is 0 Å². The van der Waals surface area contributed by atoms with E-state index < -0.39 is 0 Å². The predicted molar refractivity (Wildman–Crippen MR) is 57.0 cm³/mol. The van der Waals surface area contributed by atoms with Gasteiger partial charge in [0.2, 0.25) is 5.91 Å². The minimum absolute atomic E-state index is 0.0385. The largest absolute Gasteiger partial charge is 0.274 e. The van der Waals surface area contributed by atoms with Crippen LogP contribution in [0.1, 0.15) is 24.6 Å². The lowest BCUT2D eigenvalue weighted by Gasteiger charge is -2.02. The number of carbonyl (C=O) groups is 1. The van der Waals surface area contributed by atoms with Crippen molar-refractivity contribution in [3.63, 3.8) is 0 Å². The molecule has 0 aliphatic heterocycles. The first-order chi connectivity index (χ1) is 6.83. The summed E-state index contributed by atoms with van der Waals surface area (Å²) in [5.41, 5.74) is 2.38. The summed E-state index contributed by atoms with van der Waals surface area (Å²) >= 11 is 1.73. The van der Waals surface area contributed by atoms with Gasteiger partial charge in [0, 0.05) is 11.3 Å². The third-order valence-electron chi connectivity index (χ3n) is 1.74. The summed E-state index contributed by atoms with van der Waals surface area (Å²) in [5.74, 6) is -0.0385. The summed E-state index contributed by atoms with van der Waals surface area (Å²) in [6, 6.07) is 4.12. The van der Waals surface area contributed by atoms with Crippen molar-refractivity contribution < 1.29 is 9.63 Å². The molecule has 14 heavy (non-hydrogen) atoms. The van der Waals surface area contributed by atoms with Crippen LogP contribution in [0.5, 0.6) is 0 Å². The minimum atomic E-state index is -0.0385. The maximum Gasteiger partial charge on any atom is 0.243 e. The molecule has 0 saturated heterocycles. The molecular weight excluding hydrogens is 198 g/mol. The van der Waals surface area contributed by atoms with Crippen molar-refractivity contribution in [1.82, 2.24) is 5.48 Å². The first-order valence-corrected chi connectivity index (χ1v) is 5.64. The molecule has 1 amide bonds. The molecule has 0 spiro atoms. The van der Waals surface area contributed by atoms with E-state index in [0.29, 0.717) is 13.0 Å². The molecule has 1 N–H and O–H groups in total. The number of thiophene rings is 1. The molecule has 0 aromatic carbocycles. The number of rotatable bonds is 6. The molecule has 3 nitrogen and oxygen atoms in total. The predicted octanol–water partition coefficient (Wildman–Crippen LogP) is 2.14. The van der Waals surface area contributed by atoms with E-state index in [1.54, 1.807) is 11.3 Å². The highest BCUT2D eigenvalue weighted by Crippen LogP contribution is 2.11. The average Bonchev–Trinajstić information content (AvgIpc) is 2.67. The van der Waals surface area contributed by atoms with Crippen LogP contribution in [-0.4, -0.2) is 12.5 Å². The molecule has 78 valence electrons. The average molecular weight is 213 g/mol. The van der Waals surface area contributed by atoms with E-state index in [4.69, 9.17) is 4.84 Å². The van der Waals surface area contributed by atoms with Crippen LogP contribution in [0.4, 0.5) is 0 Å². The summed E-state index contributed by atoms with van der Waals surface area (Å²) in [4.78, 5) is 17.2. The zero-order valence-corrected chi connectivity index (χ0v) is 9.10. The summed E-state index contributed by atoms with van der Waals surface area (Å²) in [7, 11) is 0. The second kappa shape index (κ2) is 6.56. The fourth-order valence-electron chi connectivity index (χ4n) is 1.08. The Balaban J connectivity index is 2.06. The highest BCUT2D eigenvalue weighted by Gasteiger charge is 2.01. The number of aryl methyl sites for hydroxylation is 1. The Morgan fingerprint density at radius 1 is 1.64 bits per heavy atom. The molecule has 0 saturated carbocycles. The number of hydroxylamine groups is 1. The number of amides is 1. The van der Waals surface area contributed by atoms with Gasteiger partial charge in [0.05, 0.1) is 6.61 Å². The number of carbonyl (C=O) groups excluding carboxylic acids is 1. The van der Waals surface area contributed by atoms with E-state index in [0.717, 1.165) is 12.8 Å². The van der Waals surface area contributed by atoms with Crippen LogP contribution >= 0.6 is 11.3 Å². The standard InChI is InChI=1S/C10H15NO2S/c1-2-13-11-10(12)7-3-5-9-6-4-8-14-9/h4,6,8H,2-3,5,7H2,1H3,(H,11,12). The summed E-state index contributed by atoms with van der Waals surface area (Å²) in [5, 5.41) is 2.05. The normalized spacial score (nSPS) is 10.1. The third-order valence-corrected chi connectivity index (χ3v) is 2.67. The van der Waals surface area contributed by atoms with Gasteiger partial charge in [-0.05, 0) is 31.2 Å². The lowest BCUT2D eigenvalue weighted by atomic mass is 10.2. The SMILES string of the molecule is CCONC(=O)CCCc1cccs1. The molecular formula is C10H15NO2S. The molecule has 1 rings (SSSR count). The molecule has 0 aliphatic rings. The highest BCUT2D eigenvalue weighted by molar-refractivity contribution is 7.09. The van der Waals surface area contributed by atoms with Crippen molar-refractivity contribution in [1.29, 1.82) is 0 Å². The molecule has 1 aromatic rings. The fourth-order valence-corrected chi connectivity index (χ4v) is 1.83. The number of nitrogens with one attached hydrogen (secondary N) is 1. The molecule has 1 aromatic heterocycles. The molecule has 0 bridgehead atoms. The summed E-state index contributed by atoms with van der Waals surface area (Å²) in [6.07, 6.45) is 2.37. The minimum Gasteiger partial charge on any atom is -0.274 e. The molecule has 4 heteroatoms. The quantitative estimate of drug-likeness (QED) is 0.735. The van der Waals surface area contributed by atoms with Gasteiger partial charge < -0.3 is 0 Å². The van der Waals surface area contributed by atoms with E-state index in [2.05, 4.69) is 16.9 Å². The van der Waals surface area contributed by atoms with Gasteiger partial charge in [-0.3, -0.25) is 9.63 Å². The van der Waals surface area contributed by atoms with Crippen LogP contribution in [-0.2, 0) is 16.1 Å². The highest BCUT2D eigenvalue weighted by atomic mass is 32.1. The van der Waals surface area contributed by atoms with Gasteiger partial charge in [0.1, 0.15) is 0 Å². The molecule has 0 atom stereocenters. The van der Waals surface area contributed by atoms with Crippen molar-refractivity contribution in [3.05, 3.63) is 22.4 Å². The van der Waals surface area contributed by atoms with Gasteiger partial charge >= 0.3 is 0 Å². The van der Waals surface area contributed by atoms with E-state index in [-0.39, 0.29) is 5.91 Å². The van der Waals surface area contributed by atoms with Crippen LogP contribution in [0.2, 0.25) is 0 Å². The van der Waals surface area contributed by atoms with Crippen molar-refractivity contribution in [3.8, 4) is 0 Å². The Bertz CT molecular complexity index is 259. The van der Waals surface area contributed by atoms with Crippen LogP contribution in [0.25, 0.3) is 0 Å². The molecule has 0 unspecified atom stereocenters. The second-order valence-corrected chi connectivity index (χ2v) is 3.92. The molecule has 0 aliphatic carbocycles. The zero-order valence-electron chi connectivity index (χ0n) is 8.29. The van der Waals surface area contributed by atoms with Gasteiger partial charge in [0.25, 0.3) is 0 Å². The van der Waals surface area contributed by atoms with E-state index in [1.807, 2.05) is 13.0 Å². The van der Waals surface area contributed by atoms with Crippen molar-refractivity contribution >= 4 is 17.2 Å². The van der Waals surface area contributed by atoms with Crippen LogP contribution in [0.15, 0.2) is 17.5 Å². The maximum absolute atomic E-state index is 11.1. The van der Waals surface area contributed by atoms with E-state index >= 15 is 0 Å². The van der Waals surface area contributed by atoms with Gasteiger partial charge in [-0.15, -0.1) is 11.3 Å². The monoisotopic (exact) mass is 213 g/mol. The van der Waals surface area contributed by atoms with Crippen molar-refractivity contribution in [2.45, 2.75) is 26.2 Å². The molecule has 0 radical (unpaired) electrons. The van der Waals surface area contributed by atoms with Gasteiger partial charge in [-0.2, -0.15) is 0 Å². The Hall–Kier alpha value is -0.870. The van der Waals surface area contributed by atoms with Gasteiger partial charge in [0.15, 0.2) is 0 Å². The Morgan fingerprint density at radius 2 is 2.50 bits per heavy atom. The van der Waals surface area contributed by atoms with Gasteiger partial charge in [-0.1, -0.05) is 6.07 Å². The van der Waals surface area contributed by atoms with Crippen LogP contribution in [0, 0.1) is 0 Å². The number of hydrogen-bond acceptors (Lipinski definition) is 3. The summed E-state index contributed by atoms with van der Waals surface area (Å²) in [6.45, 7) is 2.35. The molecule has 1 heterocycles. The van der Waals surface area contributed by atoms with Crippen molar-refractivity contribution in [2.75, 3.05) is 6.61 Å². The Morgan fingerprint density at radius 3 is 3.14 bits per heavy atom. The van der Waals surface area contributed by atoms with Crippen LogP contribution in [0.3, 0.4) is 0 Å². The fraction of sp³-hybridized carbons (Fsp3) is 0.500. The second-order valence-electron chi connectivity index (χ2n) is 2.89. The Kier molecular flexibility index (Phi) is 5.25. The number of hydrogen-bond donors (Lipinski definition) is 1. The van der Waals surface area contributed by atoms with Crippen LogP contribution < -0.4 is 5.48 Å². The maximum atomic E-state index is 11.1. The van der Waals surface area contributed by atoms with Gasteiger partial charge in [-0.25, -0.2) is 5.48 Å². The first-order valence-electron chi connectivity index (χ1n) is 4.76. The lowest BCUT2D eigenvalue weighted by Crippen LogP contribution is -2.23. The molecule has 0 fully saturated rings. The smallest absolute Gasteiger partial charge is 0.243 e. The van der Waals surface area contributed by atoms with E-state index in [1.165, 1.54) is 4.88 Å².